The molecule has 2 saturated heterocycles. The first kappa shape index (κ1) is 17.4. The molecule has 2 aliphatic heterocycles. The zero-order chi connectivity index (χ0) is 16.9. The van der Waals surface area contributed by atoms with E-state index in [9.17, 15) is 0 Å². The highest BCUT2D eigenvalue weighted by Crippen LogP contribution is 2.32. The van der Waals surface area contributed by atoms with Gasteiger partial charge in [0.05, 0.1) is 31.1 Å². The second kappa shape index (κ2) is 8.58. The minimum atomic E-state index is 0.213. The van der Waals surface area contributed by atoms with E-state index in [4.69, 9.17) is 9.47 Å². The van der Waals surface area contributed by atoms with Crippen LogP contribution in [0.2, 0.25) is 0 Å². The predicted octanol–water partition coefficient (Wildman–Crippen LogP) is 2.32. The molecule has 1 aromatic rings. The lowest BCUT2D eigenvalue weighted by Gasteiger charge is -2.40. The SMILES string of the molecule is c1ccc(CO[C@@H]2CC[C@@H]3[C@@H]2OCCN3CCN2CCCCC2)nc1. The van der Waals surface area contributed by atoms with Crippen LogP contribution >= 0.6 is 0 Å². The minimum Gasteiger partial charge on any atom is -0.373 e. The molecule has 3 atom stereocenters. The summed E-state index contributed by atoms with van der Waals surface area (Å²) in [6, 6.07) is 6.52. The molecule has 1 saturated carbocycles. The number of hydrogen-bond acceptors (Lipinski definition) is 5. The zero-order valence-electron chi connectivity index (χ0n) is 15.2. The number of likely N-dealkylation sites (tertiary alicyclic amines) is 1. The fraction of sp³-hybridized carbons (Fsp3) is 0.750. The van der Waals surface area contributed by atoms with Gasteiger partial charge in [-0.1, -0.05) is 12.5 Å². The van der Waals surface area contributed by atoms with E-state index < -0.39 is 0 Å². The van der Waals surface area contributed by atoms with E-state index >= 15 is 0 Å². The van der Waals surface area contributed by atoms with Crippen LogP contribution in [0.15, 0.2) is 24.4 Å². The maximum atomic E-state index is 6.18. The summed E-state index contributed by atoms with van der Waals surface area (Å²) in [6.45, 7) is 7.46. The number of hydrogen-bond donors (Lipinski definition) is 0. The van der Waals surface area contributed by atoms with Crippen molar-refractivity contribution in [3.05, 3.63) is 30.1 Å². The Bertz CT molecular complexity index is 521. The van der Waals surface area contributed by atoms with Crippen molar-refractivity contribution in [2.45, 2.75) is 57.0 Å². The van der Waals surface area contributed by atoms with Crippen molar-refractivity contribution in [1.29, 1.82) is 0 Å². The molecule has 25 heavy (non-hydrogen) atoms. The van der Waals surface area contributed by atoms with Crippen LogP contribution in [0.25, 0.3) is 0 Å². The monoisotopic (exact) mass is 345 g/mol. The van der Waals surface area contributed by atoms with E-state index in [1.165, 1.54) is 51.9 Å². The van der Waals surface area contributed by atoms with Crippen molar-refractivity contribution >= 4 is 0 Å². The Morgan fingerprint density at radius 1 is 1.08 bits per heavy atom. The summed E-state index contributed by atoms with van der Waals surface area (Å²) in [7, 11) is 0. The number of pyridine rings is 1. The third kappa shape index (κ3) is 4.40. The first-order valence-corrected chi connectivity index (χ1v) is 10.00. The Morgan fingerprint density at radius 3 is 2.84 bits per heavy atom. The van der Waals surface area contributed by atoms with Gasteiger partial charge in [-0.3, -0.25) is 9.88 Å². The van der Waals surface area contributed by atoms with E-state index in [-0.39, 0.29) is 12.2 Å². The Kier molecular flexibility index (Phi) is 5.98. The number of rotatable bonds is 6. The topological polar surface area (TPSA) is 37.8 Å². The van der Waals surface area contributed by atoms with E-state index in [0.29, 0.717) is 12.6 Å². The first-order chi connectivity index (χ1) is 12.4. The molecule has 5 nitrogen and oxygen atoms in total. The quantitative estimate of drug-likeness (QED) is 0.791. The predicted molar refractivity (Wildman–Crippen MR) is 97.4 cm³/mol. The maximum absolute atomic E-state index is 6.18. The lowest BCUT2D eigenvalue weighted by Crippen LogP contribution is -2.53. The summed E-state index contributed by atoms with van der Waals surface area (Å²) in [5.74, 6) is 0. The van der Waals surface area contributed by atoms with E-state index in [1.807, 2.05) is 24.4 Å². The minimum absolute atomic E-state index is 0.213. The number of nitrogens with zero attached hydrogens (tertiary/aromatic N) is 3. The Morgan fingerprint density at radius 2 is 2.00 bits per heavy atom. The summed E-state index contributed by atoms with van der Waals surface area (Å²) >= 11 is 0. The van der Waals surface area contributed by atoms with Gasteiger partial charge >= 0.3 is 0 Å². The highest BCUT2D eigenvalue weighted by atomic mass is 16.5. The molecular formula is C20H31N3O2. The molecule has 0 N–H and O–H groups in total. The summed E-state index contributed by atoms with van der Waals surface area (Å²) < 4.78 is 12.3. The van der Waals surface area contributed by atoms with Crippen LogP contribution < -0.4 is 0 Å². The van der Waals surface area contributed by atoms with Gasteiger partial charge in [0.15, 0.2) is 0 Å². The highest BCUT2D eigenvalue weighted by Gasteiger charge is 2.43. The molecule has 3 fully saturated rings. The molecule has 1 aliphatic carbocycles. The van der Waals surface area contributed by atoms with Gasteiger partial charge in [-0.15, -0.1) is 0 Å². The van der Waals surface area contributed by atoms with Gasteiger partial charge in [-0.05, 0) is 50.9 Å². The molecule has 0 bridgehead atoms. The number of fused-ring (bicyclic) bond motifs is 1. The summed E-state index contributed by atoms with van der Waals surface area (Å²) in [4.78, 5) is 9.65. The maximum Gasteiger partial charge on any atom is 0.0992 e. The van der Waals surface area contributed by atoms with Gasteiger partial charge in [0.2, 0.25) is 0 Å². The second-order valence-corrected chi connectivity index (χ2v) is 7.59. The molecule has 0 unspecified atom stereocenters. The lowest BCUT2D eigenvalue weighted by molar-refractivity contribution is -0.118. The van der Waals surface area contributed by atoms with Gasteiger partial charge < -0.3 is 14.4 Å². The fourth-order valence-electron chi connectivity index (χ4n) is 4.58. The van der Waals surface area contributed by atoms with Crippen molar-refractivity contribution in [2.24, 2.45) is 0 Å². The van der Waals surface area contributed by atoms with E-state index in [1.54, 1.807) is 0 Å². The average Bonchev–Trinajstić information content (AvgIpc) is 3.10. The molecule has 0 amide bonds. The van der Waals surface area contributed by atoms with Crippen molar-refractivity contribution < 1.29 is 9.47 Å². The largest absolute Gasteiger partial charge is 0.373 e. The van der Waals surface area contributed by atoms with E-state index in [2.05, 4.69) is 14.8 Å². The summed E-state index contributed by atoms with van der Waals surface area (Å²) in [5, 5.41) is 0. The molecular weight excluding hydrogens is 314 g/mol. The highest BCUT2D eigenvalue weighted by molar-refractivity contribution is 5.03. The van der Waals surface area contributed by atoms with Gasteiger partial charge in [0, 0.05) is 31.9 Å². The second-order valence-electron chi connectivity index (χ2n) is 7.59. The molecule has 5 heteroatoms. The molecule has 1 aromatic heterocycles. The van der Waals surface area contributed by atoms with Crippen LogP contribution in [0.3, 0.4) is 0 Å². The Labute approximate surface area is 151 Å². The Hall–Kier alpha value is -1.01. The molecule has 3 aliphatic rings. The van der Waals surface area contributed by atoms with Gasteiger partial charge in [0.1, 0.15) is 0 Å². The molecule has 0 spiro atoms. The normalized spacial score (nSPS) is 31.1. The third-order valence-corrected chi connectivity index (χ3v) is 5.97. The van der Waals surface area contributed by atoms with Crippen molar-refractivity contribution in [2.75, 3.05) is 39.3 Å². The molecule has 3 heterocycles. The van der Waals surface area contributed by atoms with Crippen LogP contribution in [0.4, 0.5) is 0 Å². The van der Waals surface area contributed by atoms with Gasteiger partial charge in [-0.2, -0.15) is 0 Å². The number of aromatic nitrogens is 1. The first-order valence-electron chi connectivity index (χ1n) is 10.00. The fourth-order valence-corrected chi connectivity index (χ4v) is 4.58. The van der Waals surface area contributed by atoms with Crippen LogP contribution in [-0.4, -0.2) is 72.4 Å². The number of piperidine rings is 1. The van der Waals surface area contributed by atoms with Gasteiger partial charge in [-0.25, -0.2) is 0 Å². The van der Waals surface area contributed by atoms with Crippen LogP contribution in [-0.2, 0) is 16.1 Å². The van der Waals surface area contributed by atoms with Gasteiger partial charge in [0.25, 0.3) is 0 Å². The summed E-state index contributed by atoms with van der Waals surface area (Å²) in [5.41, 5.74) is 1.00. The van der Waals surface area contributed by atoms with Crippen molar-refractivity contribution in [3.8, 4) is 0 Å². The third-order valence-electron chi connectivity index (χ3n) is 5.97. The summed E-state index contributed by atoms with van der Waals surface area (Å²) in [6.07, 6.45) is 8.73. The number of morpholine rings is 1. The molecule has 0 aromatic carbocycles. The van der Waals surface area contributed by atoms with Crippen molar-refractivity contribution in [3.63, 3.8) is 0 Å². The number of ether oxygens (including phenoxy) is 2. The Balaban J connectivity index is 1.27. The molecule has 4 rings (SSSR count). The lowest BCUT2D eigenvalue weighted by atomic mass is 10.1. The molecule has 138 valence electrons. The smallest absolute Gasteiger partial charge is 0.0992 e. The molecule has 0 radical (unpaired) electrons. The van der Waals surface area contributed by atoms with Crippen LogP contribution in [0, 0.1) is 0 Å². The zero-order valence-corrected chi connectivity index (χ0v) is 15.2. The average molecular weight is 345 g/mol. The van der Waals surface area contributed by atoms with E-state index in [0.717, 1.165) is 25.3 Å². The van der Waals surface area contributed by atoms with Crippen molar-refractivity contribution in [1.82, 2.24) is 14.8 Å². The van der Waals surface area contributed by atoms with Crippen LogP contribution in [0.1, 0.15) is 37.8 Å². The van der Waals surface area contributed by atoms with Crippen LogP contribution in [0.5, 0.6) is 0 Å². The standard InChI is InChI=1S/C20H31N3O2/c1-4-10-22(11-5-1)12-13-23-14-15-24-20-18(23)7-8-19(20)25-16-17-6-2-3-9-21-17/h2-3,6,9,18-20H,1,4-5,7-8,10-16H2/t18-,19-,20+/m1/s1.